The normalized spacial score (nSPS) is 19.0. The molecule has 1 unspecified atom stereocenters. The maximum Gasteiger partial charge on any atom is 0.332 e. The van der Waals surface area contributed by atoms with Crippen LogP contribution in [0.15, 0.2) is 12.2 Å². The van der Waals surface area contributed by atoms with Crippen LogP contribution in [0.5, 0.6) is 0 Å². The van der Waals surface area contributed by atoms with E-state index in [0.717, 1.165) is 6.54 Å². The molecule has 1 fully saturated rings. The van der Waals surface area contributed by atoms with Crippen LogP contribution in [-0.2, 0) is 4.79 Å². The molecule has 0 saturated carbocycles. The van der Waals surface area contributed by atoms with Gasteiger partial charge in [0.2, 0.25) is 0 Å². The molecule has 86 valence electrons. The first kappa shape index (κ1) is 12.2. The Kier molecular flexibility index (Phi) is 4.78. The summed E-state index contributed by atoms with van der Waals surface area (Å²) in [6, 6.07) is 0.481. The summed E-state index contributed by atoms with van der Waals surface area (Å²) in [6.45, 7) is 9.17. The molecule has 4 nitrogen and oxygen atoms in total. The molecule has 1 aliphatic heterocycles. The lowest BCUT2D eigenvalue weighted by molar-refractivity contribution is -0.132. The molecule has 15 heavy (non-hydrogen) atoms. The van der Waals surface area contributed by atoms with Gasteiger partial charge in [-0.3, -0.25) is 4.90 Å². The van der Waals surface area contributed by atoms with Gasteiger partial charge in [0, 0.05) is 24.7 Å². The highest BCUT2D eigenvalue weighted by Gasteiger charge is 2.17. The molecule has 1 aliphatic rings. The Morgan fingerprint density at radius 2 is 2.13 bits per heavy atom. The van der Waals surface area contributed by atoms with Crippen molar-refractivity contribution in [1.82, 2.24) is 10.2 Å². The van der Waals surface area contributed by atoms with E-state index in [4.69, 9.17) is 5.11 Å². The second kappa shape index (κ2) is 5.88. The van der Waals surface area contributed by atoms with Gasteiger partial charge in [0.1, 0.15) is 0 Å². The number of carboxylic acid groups (broad SMARTS) is 1. The van der Waals surface area contributed by atoms with Crippen molar-refractivity contribution < 1.29 is 9.90 Å². The van der Waals surface area contributed by atoms with Gasteiger partial charge in [-0.15, -0.1) is 0 Å². The molecular weight excluding hydrogens is 192 g/mol. The van der Waals surface area contributed by atoms with Crippen LogP contribution in [0.25, 0.3) is 0 Å². The minimum absolute atomic E-state index is 0.226. The lowest BCUT2D eigenvalue weighted by Gasteiger charge is -2.23. The standard InChI is InChI=1S/C11H20N2O2/c1-9(11(14)15)7-12-8-10(2)13-5-3-4-6-13/h10,12H,1,3-8H2,2H3,(H,14,15). The number of hydrogen-bond donors (Lipinski definition) is 2. The zero-order chi connectivity index (χ0) is 11.3. The van der Waals surface area contributed by atoms with Gasteiger partial charge in [-0.25, -0.2) is 4.79 Å². The van der Waals surface area contributed by atoms with Crippen LogP contribution in [-0.4, -0.2) is 48.2 Å². The van der Waals surface area contributed by atoms with Crippen molar-refractivity contribution in [2.24, 2.45) is 0 Å². The number of hydrogen-bond acceptors (Lipinski definition) is 3. The van der Waals surface area contributed by atoms with Crippen molar-refractivity contribution in [1.29, 1.82) is 0 Å². The molecule has 4 heteroatoms. The second-order valence-corrected chi connectivity index (χ2v) is 4.13. The summed E-state index contributed by atoms with van der Waals surface area (Å²) in [5.74, 6) is -0.920. The quantitative estimate of drug-likeness (QED) is 0.636. The Hall–Kier alpha value is -0.870. The van der Waals surface area contributed by atoms with E-state index >= 15 is 0 Å². The first-order chi connectivity index (χ1) is 7.11. The summed E-state index contributed by atoms with van der Waals surface area (Å²) >= 11 is 0. The Bertz CT molecular complexity index is 235. The number of nitrogens with zero attached hydrogens (tertiary/aromatic N) is 1. The Balaban J connectivity index is 2.13. The molecule has 0 aromatic heterocycles. The van der Waals surface area contributed by atoms with E-state index in [1.807, 2.05) is 0 Å². The molecule has 1 atom stereocenters. The van der Waals surface area contributed by atoms with Crippen LogP contribution in [0.2, 0.25) is 0 Å². The maximum atomic E-state index is 10.5. The van der Waals surface area contributed by atoms with Gasteiger partial charge < -0.3 is 10.4 Å². The number of likely N-dealkylation sites (tertiary alicyclic amines) is 1. The van der Waals surface area contributed by atoms with E-state index in [1.165, 1.54) is 25.9 Å². The van der Waals surface area contributed by atoms with Crippen LogP contribution >= 0.6 is 0 Å². The lowest BCUT2D eigenvalue weighted by Crippen LogP contribution is -2.39. The number of carbonyl (C=O) groups is 1. The van der Waals surface area contributed by atoms with Crippen LogP contribution in [0.3, 0.4) is 0 Å². The first-order valence-electron chi connectivity index (χ1n) is 5.47. The number of nitrogens with one attached hydrogen (secondary N) is 1. The molecule has 0 aromatic rings. The molecule has 1 rings (SSSR count). The van der Waals surface area contributed by atoms with Crippen LogP contribution in [0.1, 0.15) is 19.8 Å². The zero-order valence-electron chi connectivity index (χ0n) is 9.33. The largest absolute Gasteiger partial charge is 0.478 e. The summed E-state index contributed by atoms with van der Waals surface area (Å²) in [4.78, 5) is 12.9. The molecule has 0 aliphatic carbocycles. The molecule has 0 bridgehead atoms. The average molecular weight is 212 g/mol. The lowest BCUT2D eigenvalue weighted by atomic mass is 10.2. The maximum absolute atomic E-state index is 10.5. The van der Waals surface area contributed by atoms with E-state index < -0.39 is 5.97 Å². The third-order valence-corrected chi connectivity index (χ3v) is 2.84. The summed E-state index contributed by atoms with van der Waals surface area (Å²) in [6.07, 6.45) is 2.57. The number of rotatable bonds is 6. The van der Waals surface area contributed by atoms with E-state index in [0.29, 0.717) is 12.6 Å². The monoisotopic (exact) mass is 212 g/mol. The highest BCUT2D eigenvalue weighted by atomic mass is 16.4. The van der Waals surface area contributed by atoms with Crippen LogP contribution in [0.4, 0.5) is 0 Å². The van der Waals surface area contributed by atoms with E-state index in [2.05, 4.69) is 23.7 Å². The van der Waals surface area contributed by atoms with Gasteiger partial charge in [-0.1, -0.05) is 6.58 Å². The predicted molar refractivity (Wildman–Crippen MR) is 59.9 cm³/mol. The summed E-state index contributed by atoms with van der Waals surface area (Å²) < 4.78 is 0. The van der Waals surface area contributed by atoms with E-state index in [-0.39, 0.29) is 5.57 Å². The highest BCUT2D eigenvalue weighted by Crippen LogP contribution is 2.10. The third-order valence-electron chi connectivity index (χ3n) is 2.84. The zero-order valence-corrected chi connectivity index (χ0v) is 9.33. The van der Waals surface area contributed by atoms with Crippen molar-refractivity contribution in [3.05, 3.63) is 12.2 Å². The fourth-order valence-electron chi connectivity index (χ4n) is 1.82. The molecular formula is C11H20N2O2. The summed E-state index contributed by atoms with van der Waals surface area (Å²) in [5, 5.41) is 11.7. The second-order valence-electron chi connectivity index (χ2n) is 4.13. The fourth-order valence-corrected chi connectivity index (χ4v) is 1.82. The summed E-state index contributed by atoms with van der Waals surface area (Å²) in [7, 11) is 0. The number of carboxylic acids is 1. The molecule has 1 saturated heterocycles. The Morgan fingerprint density at radius 3 is 2.67 bits per heavy atom. The van der Waals surface area contributed by atoms with E-state index in [1.54, 1.807) is 0 Å². The minimum Gasteiger partial charge on any atom is -0.478 e. The highest BCUT2D eigenvalue weighted by molar-refractivity contribution is 5.86. The Labute approximate surface area is 91.0 Å². The molecule has 0 amide bonds. The van der Waals surface area contributed by atoms with Crippen LogP contribution in [0, 0.1) is 0 Å². The Morgan fingerprint density at radius 1 is 1.53 bits per heavy atom. The molecule has 0 aromatic carbocycles. The molecule has 0 spiro atoms. The van der Waals surface area contributed by atoms with Crippen molar-refractivity contribution in [2.75, 3.05) is 26.2 Å². The van der Waals surface area contributed by atoms with Crippen molar-refractivity contribution in [2.45, 2.75) is 25.8 Å². The van der Waals surface area contributed by atoms with Crippen molar-refractivity contribution in [3.8, 4) is 0 Å². The van der Waals surface area contributed by atoms with Gasteiger partial charge >= 0.3 is 5.97 Å². The van der Waals surface area contributed by atoms with Crippen molar-refractivity contribution >= 4 is 5.97 Å². The SMILES string of the molecule is C=C(CNCC(C)N1CCCC1)C(=O)O. The van der Waals surface area contributed by atoms with Crippen LogP contribution < -0.4 is 5.32 Å². The summed E-state index contributed by atoms with van der Waals surface area (Å²) in [5.41, 5.74) is 0.226. The van der Waals surface area contributed by atoms with Gasteiger partial charge in [0.05, 0.1) is 0 Å². The van der Waals surface area contributed by atoms with Gasteiger partial charge in [-0.05, 0) is 32.9 Å². The minimum atomic E-state index is -0.920. The topological polar surface area (TPSA) is 52.6 Å². The molecule has 2 N–H and O–H groups in total. The van der Waals surface area contributed by atoms with E-state index in [9.17, 15) is 4.79 Å². The van der Waals surface area contributed by atoms with Gasteiger partial charge in [0.25, 0.3) is 0 Å². The average Bonchev–Trinajstić information content (AvgIpc) is 2.70. The van der Waals surface area contributed by atoms with Crippen molar-refractivity contribution in [3.63, 3.8) is 0 Å². The third kappa shape index (κ3) is 4.01. The number of aliphatic carboxylic acids is 1. The first-order valence-corrected chi connectivity index (χ1v) is 5.47. The predicted octanol–water partition coefficient (Wildman–Crippen LogP) is 0.701. The van der Waals surface area contributed by atoms with Gasteiger partial charge in [0.15, 0.2) is 0 Å². The van der Waals surface area contributed by atoms with Gasteiger partial charge in [-0.2, -0.15) is 0 Å². The smallest absolute Gasteiger partial charge is 0.332 e. The molecule has 0 radical (unpaired) electrons. The molecule has 1 heterocycles. The fraction of sp³-hybridized carbons (Fsp3) is 0.727.